The third kappa shape index (κ3) is 8.48. The van der Waals surface area contributed by atoms with E-state index in [1.807, 2.05) is 93.0 Å². The smallest absolute Gasteiger partial charge is 0.336 e. The number of ether oxygens (including phenoxy) is 1. The Labute approximate surface area is 335 Å². The van der Waals surface area contributed by atoms with E-state index in [1.165, 1.54) is 4.57 Å². The number of nitrogens with zero attached hydrogens (tertiary/aromatic N) is 4. The summed E-state index contributed by atoms with van der Waals surface area (Å²) in [6.07, 6.45) is 1.15. The molecule has 12 heteroatoms. The minimum atomic E-state index is -3.36. The lowest BCUT2D eigenvalue weighted by atomic mass is 9.59. The van der Waals surface area contributed by atoms with Gasteiger partial charge in [-0.3, -0.25) is 15.1 Å². The highest BCUT2D eigenvalue weighted by molar-refractivity contribution is 7.63. The van der Waals surface area contributed by atoms with Gasteiger partial charge < -0.3 is 10.1 Å². The maximum absolute atomic E-state index is 14.1. The van der Waals surface area contributed by atoms with Crippen LogP contribution in [0.15, 0.2) is 132 Å². The molecular formula is C45H52N6O5P+. The Morgan fingerprint density at radius 3 is 1.93 bits per heavy atom. The zero-order valence-electron chi connectivity index (χ0n) is 33.2. The summed E-state index contributed by atoms with van der Waals surface area (Å²) in [5.74, 6) is -2.51. The molecule has 6 rings (SSSR count). The number of nitriles is 1. The molecule has 4 aromatic carbocycles. The van der Waals surface area contributed by atoms with Gasteiger partial charge in [0.2, 0.25) is 5.85 Å². The van der Waals surface area contributed by atoms with Gasteiger partial charge in [-0.15, -0.1) is 4.67 Å². The van der Waals surface area contributed by atoms with Gasteiger partial charge in [-0.1, -0.05) is 109 Å². The molecular weight excluding hydrogens is 736 g/mol. The third-order valence-corrected chi connectivity index (χ3v) is 13.7. The minimum absolute atomic E-state index is 0.0820. The highest BCUT2D eigenvalue weighted by Gasteiger charge is 2.59. The van der Waals surface area contributed by atoms with E-state index in [2.05, 4.69) is 52.8 Å². The number of rotatable bonds is 15. The van der Waals surface area contributed by atoms with Gasteiger partial charge in [-0.2, -0.15) is 14.8 Å². The van der Waals surface area contributed by atoms with Gasteiger partial charge in [0.15, 0.2) is 0 Å². The number of carbonyl (C=O) groups excluding carboxylic acids is 1. The van der Waals surface area contributed by atoms with Crippen LogP contribution in [0.3, 0.4) is 0 Å². The van der Waals surface area contributed by atoms with Gasteiger partial charge in [-0.05, 0) is 63.4 Å². The minimum Gasteiger partial charge on any atom is -0.336 e. The molecule has 0 bridgehead atoms. The van der Waals surface area contributed by atoms with Crippen LogP contribution in [0, 0.1) is 24.2 Å². The molecule has 0 saturated carbocycles. The number of nitrogens with two attached hydrogens (primary N) is 1. The SMILES string of the molecule is Cc1cn([C@@]2(N)C[C@H](C(c3ccccc3)(c3ccccc3)c3ccccc3)[C@@H](CO[P+](O)(CCC#N)N(C(C)C)C(C)C)O2)c(=O)nc1NC(=O)c1ccccc1. The second-order valence-electron chi connectivity index (χ2n) is 15.1. The highest BCUT2D eigenvalue weighted by Crippen LogP contribution is 2.63. The second kappa shape index (κ2) is 17.6. The summed E-state index contributed by atoms with van der Waals surface area (Å²) in [6, 6.07) is 41.2. The number of anilines is 1. The summed E-state index contributed by atoms with van der Waals surface area (Å²) in [5, 5.41) is 12.4. The van der Waals surface area contributed by atoms with Crippen molar-refractivity contribution in [3.05, 3.63) is 166 Å². The van der Waals surface area contributed by atoms with Crippen molar-refractivity contribution in [2.75, 3.05) is 18.1 Å². The van der Waals surface area contributed by atoms with Crippen LogP contribution in [0.2, 0.25) is 0 Å². The van der Waals surface area contributed by atoms with Gasteiger partial charge in [0.05, 0.1) is 24.0 Å². The van der Waals surface area contributed by atoms with Crippen molar-refractivity contribution in [2.24, 2.45) is 11.7 Å². The molecule has 4 atom stereocenters. The number of aryl methyl sites for hydroxylation is 1. The second-order valence-corrected chi connectivity index (χ2v) is 17.6. The first-order valence-electron chi connectivity index (χ1n) is 19.4. The number of nitrogens with one attached hydrogen (secondary N) is 1. The van der Waals surface area contributed by atoms with Gasteiger partial charge in [0, 0.05) is 41.7 Å². The first-order valence-corrected chi connectivity index (χ1v) is 21.2. The average molecular weight is 788 g/mol. The van der Waals surface area contributed by atoms with Crippen molar-refractivity contribution in [1.29, 1.82) is 5.26 Å². The average Bonchev–Trinajstić information content (AvgIpc) is 3.56. The largest absolute Gasteiger partial charge is 0.352 e. The van der Waals surface area contributed by atoms with E-state index in [-0.39, 0.29) is 43.5 Å². The summed E-state index contributed by atoms with van der Waals surface area (Å²) in [6.45, 7) is 9.65. The van der Waals surface area contributed by atoms with E-state index in [4.69, 9.17) is 15.0 Å². The van der Waals surface area contributed by atoms with E-state index in [1.54, 1.807) is 37.4 Å². The molecule has 1 saturated heterocycles. The predicted molar refractivity (Wildman–Crippen MR) is 224 cm³/mol. The lowest BCUT2D eigenvalue weighted by Crippen LogP contribution is -2.50. The van der Waals surface area contributed by atoms with Gasteiger partial charge in [0.25, 0.3) is 5.91 Å². The monoisotopic (exact) mass is 787 g/mol. The lowest BCUT2D eigenvalue weighted by Gasteiger charge is -2.43. The van der Waals surface area contributed by atoms with Crippen LogP contribution in [0.25, 0.3) is 0 Å². The molecule has 2 heterocycles. The summed E-state index contributed by atoms with van der Waals surface area (Å²) in [4.78, 5) is 43.9. The number of amides is 1. The van der Waals surface area contributed by atoms with Crippen molar-refractivity contribution < 1.29 is 18.9 Å². The highest BCUT2D eigenvalue weighted by atomic mass is 31.2. The van der Waals surface area contributed by atoms with Crippen LogP contribution in [-0.4, -0.2) is 56.0 Å². The van der Waals surface area contributed by atoms with Crippen molar-refractivity contribution >= 4 is 19.6 Å². The molecule has 0 spiro atoms. The molecule has 11 nitrogen and oxygen atoms in total. The van der Waals surface area contributed by atoms with Crippen LogP contribution < -0.4 is 16.7 Å². The lowest BCUT2D eigenvalue weighted by molar-refractivity contribution is -0.111. The van der Waals surface area contributed by atoms with E-state index < -0.39 is 42.7 Å². The topological polar surface area (TPSA) is 156 Å². The normalized spacial score (nSPS) is 19.4. The molecule has 1 aliphatic heterocycles. The fourth-order valence-electron chi connectivity index (χ4n) is 8.49. The Kier molecular flexibility index (Phi) is 12.8. The van der Waals surface area contributed by atoms with Crippen molar-refractivity contribution in [2.45, 2.75) is 76.9 Å². The zero-order chi connectivity index (χ0) is 40.8. The predicted octanol–water partition coefficient (Wildman–Crippen LogP) is 7.62. The van der Waals surface area contributed by atoms with Crippen LogP contribution in [0.5, 0.6) is 0 Å². The molecule has 0 aliphatic carbocycles. The molecule has 4 N–H and O–H groups in total. The van der Waals surface area contributed by atoms with E-state index in [0.29, 0.717) is 11.1 Å². The number of hydrogen-bond donors (Lipinski definition) is 3. The molecule has 1 aliphatic rings. The third-order valence-electron chi connectivity index (χ3n) is 10.7. The summed E-state index contributed by atoms with van der Waals surface area (Å²) in [7, 11) is -3.36. The fourth-order valence-corrected chi connectivity index (χ4v) is 11.2. The Hall–Kier alpha value is -5.05. The molecule has 0 radical (unpaired) electrons. The maximum Gasteiger partial charge on any atom is 0.352 e. The Morgan fingerprint density at radius 1 is 0.965 bits per heavy atom. The Morgan fingerprint density at radius 2 is 1.46 bits per heavy atom. The van der Waals surface area contributed by atoms with Crippen molar-refractivity contribution in [3.8, 4) is 6.07 Å². The first-order chi connectivity index (χ1) is 27.3. The van der Waals surface area contributed by atoms with E-state index >= 15 is 0 Å². The fraction of sp³-hybridized carbons (Fsp3) is 0.333. The van der Waals surface area contributed by atoms with Crippen LogP contribution in [0.1, 0.15) is 73.1 Å². The maximum atomic E-state index is 14.1. The Bertz CT molecular complexity index is 2110. The summed E-state index contributed by atoms with van der Waals surface area (Å²) >= 11 is 0. The molecule has 1 aromatic heterocycles. The number of aromatic nitrogens is 2. The standard InChI is InChI=1S/C45H51N6O5P/c1-32(2)51(33(3)4)57(54,28-18-27-46)55-31-40-39(45(36-21-12-7-13-22-36,37-23-14-8-15-24-37)38-25-16-9-17-26-38)29-44(47,56-40)50-30-34(5)41(49-43(50)53)48-42(52)35-19-10-6-11-20-35/h6-17,19-26,30,32-33,39-40,54H,18,28-29,31,47H2,1-5H3/p+1/t39-,40+,44-,57?/m0/s1. The molecule has 296 valence electrons. The van der Waals surface area contributed by atoms with E-state index in [9.17, 15) is 19.7 Å². The van der Waals surface area contributed by atoms with Crippen LogP contribution in [0.4, 0.5) is 5.82 Å². The zero-order valence-corrected chi connectivity index (χ0v) is 34.1. The van der Waals surface area contributed by atoms with Gasteiger partial charge in [0.1, 0.15) is 18.6 Å². The number of hydrogen-bond acceptors (Lipinski definition) is 9. The van der Waals surface area contributed by atoms with Gasteiger partial charge in [-0.25, -0.2) is 9.69 Å². The summed E-state index contributed by atoms with van der Waals surface area (Å²) < 4.78 is 16.9. The van der Waals surface area contributed by atoms with Gasteiger partial charge >= 0.3 is 13.6 Å². The molecule has 1 amide bonds. The first kappa shape index (κ1) is 41.6. The molecule has 57 heavy (non-hydrogen) atoms. The van der Waals surface area contributed by atoms with Crippen LogP contribution in [-0.2, 0) is 20.5 Å². The van der Waals surface area contributed by atoms with Crippen LogP contribution >= 0.6 is 7.87 Å². The molecule has 1 unspecified atom stereocenters. The summed E-state index contributed by atoms with van der Waals surface area (Å²) in [5.41, 5.74) is 9.59. The number of benzene rings is 4. The number of carbonyl (C=O) groups is 1. The Balaban J connectivity index is 1.51. The van der Waals surface area contributed by atoms with E-state index in [0.717, 1.165) is 16.7 Å². The molecule has 5 aromatic rings. The van der Waals surface area contributed by atoms with Crippen molar-refractivity contribution in [3.63, 3.8) is 0 Å². The van der Waals surface area contributed by atoms with Crippen molar-refractivity contribution in [1.82, 2.24) is 14.2 Å². The quantitative estimate of drug-likeness (QED) is 0.0718. The molecule has 1 fully saturated rings.